The average molecular weight is 561 g/mol. The Balaban J connectivity index is 2.05. The van der Waals surface area contributed by atoms with E-state index in [0.717, 1.165) is 12.8 Å². The SMILES string of the molecule is CCO[C@H](C)c1cccc([C@@H](C)OCC)c1[Se][C@@H]1CCCN(C(=O)OC(C)(C)C)[C@H]1c1ccccc1. The van der Waals surface area contributed by atoms with Crippen LogP contribution in [0, 0.1) is 0 Å². The molecule has 0 N–H and O–H groups in total. The molecule has 1 amide bonds. The Bertz CT molecular complexity index is 944. The van der Waals surface area contributed by atoms with Crippen molar-refractivity contribution in [2.24, 2.45) is 0 Å². The average Bonchev–Trinajstić information content (AvgIpc) is 2.83. The van der Waals surface area contributed by atoms with Crippen LogP contribution >= 0.6 is 0 Å². The van der Waals surface area contributed by atoms with E-state index < -0.39 is 5.60 Å². The second-order valence-electron chi connectivity index (χ2n) is 10.3. The molecule has 3 rings (SSSR count). The molecule has 1 aliphatic rings. The predicted molar refractivity (Wildman–Crippen MR) is 147 cm³/mol. The van der Waals surface area contributed by atoms with Gasteiger partial charge in [0.05, 0.1) is 0 Å². The molecule has 0 aromatic heterocycles. The van der Waals surface area contributed by atoms with Crippen LogP contribution in [-0.2, 0) is 14.2 Å². The van der Waals surface area contributed by atoms with Gasteiger partial charge in [-0.05, 0) is 0 Å². The Morgan fingerprint density at radius 1 is 0.972 bits per heavy atom. The van der Waals surface area contributed by atoms with Gasteiger partial charge in [0.2, 0.25) is 0 Å². The summed E-state index contributed by atoms with van der Waals surface area (Å²) in [7, 11) is 0. The molecule has 1 saturated heterocycles. The molecule has 0 unspecified atom stereocenters. The zero-order valence-corrected chi connectivity index (χ0v) is 24.7. The van der Waals surface area contributed by atoms with E-state index in [-0.39, 0.29) is 39.3 Å². The minimum atomic E-state index is -0.532. The van der Waals surface area contributed by atoms with Crippen molar-refractivity contribution >= 4 is 25.5 Å². The number of nitrogens with zero attached hydrogens (tertiary/aromatic N) is 1. The standard InChI is InChI=1S/C30H43NO4Se/c1-8-33-21(3)24-17-13-18-25(22(4)34-9-2)28(24)36-26-19-14-20-31(29(32)35-30(5,6)7)27(26)23-15-11-10-12-16-23/h10-13,15-18,21-22,26-27H,8-9,14,19-20H2,1-7H3/t21-,22-,26-,27+/m1/s1. The van der Waals surface area contributed by atoms with Crippen molar-refractivity contribution in [2.75, 3.05) is 19.8 Å². The van der Waals surface area contributed by atoms with E-state index >= 15 is 0 Å². The third-order valence-electron chi connectivity index (χ3n) is 6.40. The normalized spacial score (nSPS) is 20.1. The zero-order chi connectivity index (χ0) is 26.3. The van der Waals surface area contributed by atoms with Crippen molar-refractivity contribution in [3.8, 4) is 0 Å². The first-order chi connectivity index (χ1) is 17.2. The van der Waals surface area contributed by atoms with Gasteiger partial charge in [0.15, 0.2) is 0 Å². The fraction of sp³-hybridized carbons (Fsp3) is 0.567. The van der Waals surface area contributed by atoms with E-state index in [1.54, 1.807) is 0 Å². The molecule has 0 saturated carbocycles. The molecular weight excluding hydrogens is 517 g/mol. The molecular formula is C30H43NO4Se. The van der Waals surface area contributed by atoms with Crippen LogP contribution in [-0.4, -0.2) is 51.3 Å². The Kier molecular flexibility index (Phi) is 10.4. The fourth-order valence-corrected chi connectivity index (χ4v) is 8.53. The van der Waals surface area contributed by atoms with Gasteiger partial charge in [-0.25, -0.2) is 0 Å². The summed E-state index contributed by atoms with van der Waals surface area (Å²) in [5.74, 6) is 0. The quantitative estimate of drug-likeness (QED) is 0.318. The molecule has 1 fully saturated rings. The van der Waals surface area contributed by atoms with Crippen LogP contribution in [0.25, 0.3) is 0 Å². The molecule has 1 heterocycles. The van der Waals surface area contributed by atoms with E-state index in [1.165, 1.54) is 21.2 Å². The number of likely N-dealkylation sites (tertiary alicyclic amines) is 1. The number of carbonyl (C=O) groups is 1. The van der Waals surface area contributed by atoms with E-state index in [4.69, 9.17) is 14.2 Å². The van der Waals surface area contributed by atoms with Crippen LogP contribution in [0.15, 0.2) is 48.5 Å². The zero-order valence-electron chi connectivity index (χ0n) is 23.0. The minimum absolute atomic E-state index is 0.00127. The Morgan fingerprint density at radius 2 is 1.56 bits per heavy atom. The molecule has 0 bridgehead atoms. The Hall–Kier alpha value is -1.85. The van der Waals surface area contributed by atoms with Crippen molar-refractivity contribution in [1.29, 1.82) is 0 Å². The summed E-state index contributed by atoms with van der Waals surface area (Å²) < 4.78 is 19.3. The second kappa shape index (κ2) is 13.1. The predicted octanol–water partition coefficient (Wildman–Crippen LogP) is 6.77. The van der Waals surface area contributed by atoms with Crippen molar-refractivity contribution in [3.05, 3.63) is 65.2 Å². The van der Waals surface area contributed by atoms with Crippen LogP contribution in [0.5, 0.6) is 0 Å². The molecule has 0 radical (unpaired) electrons. The summed E-state index contributed by atoms with van der Waals surface area (Å²) in [6.45, 7) is 16.2. The second-order valence-corrected chi connectivity index (χ2v) is 12.9. The molecule has 1 aliphatic heterocycles. The number of carbonyl (C=O) groups excluding carboxylic acids is 1. The van der Waals surface area contributed by atoms with Crippen LogP contribution < -0.4 is 4.46 Å². The van der Waals surface area contributed by atoms with E-state index in [9.17, 15) is 4.79 Å². The maximum atomic E-state index is 13.4. The monoisotopic (exact) mass is 561 g/mol. The first-order valence-corrected chi connectivity index (χ1v) is 15.1. The third-order valence-corrected chi connectivity index (χ3v) is 9.55. The summed E-state index contributed by atoms with van der Waals surface area (Å²) in [6, 6.07) is 17.0. The van der Waals surface area contributed by atoms with E-state index in [1.807, 2.05) is 45.6 Å². The van der Waals surface area contributed by atoms with Gasteiger partial charge in [-0.3, -0.25) is 0 Å². The van der Waals surface area contributed by atoms with Crippen molar-refractivity contribution in [1.82, 2.24) is 4.90 Å². The number of piperidine rings is 1. The molecule has 2 aromatic rings. The molecule has 4 atom stereocenters. The topological polar surface area (TPSA) is 48.0 Å². The van der Waals surface area contributed by atoms with Gasteiger partial charge in [-0.2, -0.15) is 0 Å². The van der Waals surface area contributed by atoms with Gasteiger partial charge in [-0.15, -0.1) is 0 Å². The summed E-state index contributed by atoms with van der Waals surface area (Å²) in [4.78, 5) is 15.7. The Morgan fingerprint density at radius 3 is 2.08 bits per heavy atom. The molecule has 5 nitrogen and oxygen atoms in total. The maximum absolute atomic E-state index is 13.4. The van der Waals surface area contributed by atoms with E-state index in [2.05, 4.69) is 56.3 Å². The number of ether oxygens (including phenoxy) is 3. The van der Waals surface area contributed by atoms with Crippen LogP contribution in [0.4, 0.5) is 4.79 Å². The molecule has 6 heteroatoms. The number of rotatable bonds is 9. The summed E-state index contributed by atoms with van der Waals surface area (Å²) in [6.07, 6.45) is 1.81. The van der Waals surface area contributed by atoms with Gasteiger partial charge in [0.1, 0.15) is 0 Å². The first kappa shape index (κ1) is 28.7. The van der Waals surface area contributed by atoms with E-state index in [0.29, 0.717) is 24.6 Å². The van der Waals surface area contributed by atoms with Crippen LogP contribution in [0.3, 0.4) is 0 Å². The first-order valence-electron chi connectivity index (χ1n) is 13.2. The van der Waals surface area contributed by atoms with Crippen molar-refractivity contribution in [3.63, 3.8) is 0 Å². The number of hydrogen-bond donors (Lipinski definition) is 0. The third kappa shape index (κ3) is 7.35. The van der Waals surface area contributed by atoms with Crippen LogP contribution in [0.2, 0.25) is 4.82 Å². The summed E-state index contributed by atoms with van der Waals surface area (Å²) in [5, 5.41) is 0. The molecule has 198 valence electrons. The summed E-state index contributed by atoms with van der Waals surface area (Å²) >= 11 is 0.0871. The molecule has 36 heavy (non-hydrogen) atoms. The van der Waals surface area contributed by atoms with Crippen LogP contribution in [0.1, 0.15) is 96.2 Å². The molecule has 0 aliphatic carbocycles. The van der Waals surface area contributed by atoms with Crippen molar-refractivity contribution < 1.29 is 19.0 Å². The fourth-order valence-electron chi connectivity index (χ4n) is 4.83. The van der Waals surface area contributed by atoms with Gasteiger partial charge < -0.3 is 0 Å². The number of hydrogen-bond acceptors (Lipinski definition) is 4. The Labute approximate surface area is 224 Å². The number of amides is 1. The van der Waals surface area contributed by atoms with Gasteiger partial charge in [0.25, 0.3) is 0 Å². The summed E-state index contributed by atoms with van der Waals surface area (Å²) in [5.41, 5.74) is 3.12. The molecule has 2 aromatic carbocycles. The van der Waals surface area contributed by atoms with Gasteiger partial charge >= 0.3 is 224 Å². The van der Waals surface area contributed by atoms with Crippen molar-refractivity contribution in [2.45, 2.75) is 90.0 Å². The van der Waals surface area contributed by atoms with Gasteiger partial charge in [-0.1, -0.05) is 0 Å². The molecule has 0 spiro atoms. The number of benzene rings is 2. The van der Waals surface area contributed by atoms with Gasteiger partial charge in [0, 0.05) is 0 Å².